The molecule has 10 atom stereocenters. The first-order valence-corrected chi connectivity index (χ1v) is 18.4. The third-order valence-electron chi connectivity index (χ3n) is 9.50. The fourth-order valence-electron chi connectivity index (χ4n) is 6.62. The number of esters is 2. The molecule has 2 aliphatic rings. The molecule has 2 fully saturated rings. The van der Waals surface area contributed by atoms with E-state index >= 15 is 0 Å². The summed E-state index contributed by atoms with van der Waals surface area (Å²) in [5.74, 6) is -1.58. The van der Waals surface area contributed by atoms with E-state index in [9.17, 15) is 20.2 Å². The van der Waals surface area contributed by atoms with Crippen LogP contribution in [-0.4, -0.2) is 99.2 Å². The Hall–Kier alpha value is -5.19. The molecule has 15 nitrogen and oxygen atoms in total. The lowest BCUT2D eigenvalue weighted by Crippen LogP contribution is -2.66. The first kappa shape index (κ1) is 41.4. The van der Waals surface area contributed by atoms with Gasteiger partial charge < -0.3 is 47.7 Å². The highest BCUT2D eigenvalue weighted by Crippen LogP contribution is 2.35. The van der Waals surface area contributed by atoms with Crippen LogP contribution in [0.1, 0.15) is 27.0 Å². The summed E-state index contributed by atoms with van der Waals surface area (Å²) in [5, 5.41) is 15.7. The number of ether oxygens (including phenoxy) is 9. The summed E-state index contributed by atoms with van der Waals surface area (Å²) in [6.07, 6.45) is -12.0. The molecule has 0 radical (unpaired) electrons. The molecule has 57 heavy (non-hydrogen) atoms. The maximum atomic E-state index is 13.6. The van der Waals surface area contributed by atoms with E-state index in [1.807, 2.05) is 91.0 Å². The molecular formula is C42H45N3O12. The van der Waals surface area contributed by atoms with Crippen molar-refractivity contribution >= 4 is 11.9 Å². The van der Waals surface area contributed by atoms with Gasteiger partial charge in [-0.1, -0.05) is 114 Å². The zero-order chi connectivity index (χ0) is 40.0. The van der Waals surface area contributed by atoms with Crippen molar-refractivity contribution in [2.24, 2.45) is 5.11 Å². The van der Waals surface area contributed by atoms with Gasteiger partial charge in [-0.25, -0.2) is 9.59 Å². The van der Waals surface area contributed by atoms with Crippen molar-refractivity contribution in [3.63, 3.8) is 0 Å². The molecule has 4 aromatic rings. The van der Waals surface area contributed by atoms with E-state index in [0.717, 1.165) is 16.7 Å². The van der Waals surface area contributed by atoms with Crippen LogP contribution in [0, 0.1) is 0 Å². The van der Waals surface area contributed by atoms with E-state index in [0.29, 0.717) is 0 Å². The maximum absolute atomic E-state index is 13.6. The topological polar surface area (TPSA) is 186 Å². The van der Waals surface area contributed by atoms with Gasteiger partial charge in [-0.05, 0) is 34.4 Å². The van der Waals surface area contributed by atoms with Crippen molar-refractivity contribution in [2.45, 2.75) is 81.2 Å². The highest BCUT2D eigenvalue weighted by molar-refractivity contribution is 5.89. The summed E-state index contributed by atoms with van der Waals surface area (Å²) in [6.45, 7) is 0.107. The van der Waals surface area contributed by atoms with Gasteiger partial charge in [0.05, 0.1) is 45.2 Å². The van der Waals surface area contributed by atoms with Crippen LogP contribution in [0.3, 0.4) is 0 Å². The third kappa shape index (κ3) is 10.8. The Kier molecular flexibility index (Phi) is 15.1. The van der Waals surface area contributed by atoms with Crippen LogP contribution in [0.15, 0.2) is 126 Å². The van der Waals surface area contributed by atoms with Crippen molar-refractivity contribution in [3.8, 4) is 0 Å². The third-order valence-corrected chi connectivity index (χ3v) is 9.50. The molecule has 2 aliphatic heterocycles. The number of hydrogen-bond donors (Lipinski definition) is 1. The highest BCUT2D eigenvalue weighted by atomic mass is 16.8. The second-order valence-corrected chi connectivity index (χ2v) is 13.3. The van der Waals surface area contributed by atoms with Gasteiger partial charge in [-0.3, -0.25) is 0 Å². The Morgan fingerprint density at radius 2 is 1.25 bits per heavy atom. The van der Waals surface area contributed by atoms with E-state index in [-0.39, 0.29) is 32.0 Å². The van der Waals surface area contributed by atoms with Gasteiger partial charge >= 0.3 is 11.9 Å². The first-order chi connectivity index (χ1) is 27.9. The van der Waals surface area contributed by atoms with Crippen LogP contribution < -0.4 is 0 Å². The van der Waals surface area contributed by atoms with Crippen LogP contribution in [0.5, 0.6) is 0 Å². The van der Waals surface area contributed by atoms with E-state index in [1.165, 1.54) is 14.2 Å². The molecule has 0 aromatic heterocycles. The number of aliphatic hydroxyl groups is 1. The van der Waals surface area contributed by atoms with Gasteiger partial charge in [0.1, 0.15) is 30.5 Å². The molecule has 0 saturated carbocycles. The number of hydrogen-bond acceptors (Lipinski definition) is 13. The molecule has 0 bridgehead atoms. The summed E-state index contributed by atoms with van der Waals surface area (Å²) in [7, 11) is 2.51. The lowest BCUT2D eigenvalue weighted by molar-refractivity contribution is -0.344. The zero-order valence-electron chi connectivity index (χ0n) is 31.4. The minimum atomic E-state index is -1.54. The number of azide groups is 1. The second kappa shape index (κ2) is 20.8. The fraction of sp³-hybridized carbons (Fsp3) is 0.381. The summed E-state index contributed by atoms with van der Waals surface area (Å²) in [6, 6.07) is 34.8. The normalized spacial score (nSPS) is 27.1. The van der Waals surface area contributed by atoms with Crippen LogP contribution in [0.25, 0.3) is 10.4 Å². The number of carbonyl (C=O) groups excluding carboxylic acids is 2. The van der Waals surface area contributed by atoms with Gasteiger partial charge in [-0.15, -0.1) is 0 Å². The molecule has 4 aromatic carbocycles. The molecule has 6 rings (SSSR count). The van der Waals surface area contributed by atoms with E-state index < -0.39 is 73.3 Å². The summed E-state index contributed by atoms with van der Waals surface area (Å²) in [4.78, 5) is 30.1. The first-order valence-electron chi connectivity index (χ1n) is 18.4. The average Bonchev–Trinajstić information content (AvgIpc) is 3.25. The molecule has 0 unspecified atom stereocenters. The Morgan fingerprint density at radius 3 is 1.79 bits per heavy atom. The molecule has 2 saturated heterocycles. The monoisotopic (exact) mass is 783 g/mol. The average molecular weight is 784 g/mol. The lowest BCUT2D eigenvalue weighted by atomic mass is 9.95. The quantitative estimate of drug-likeness (QED) is 0.0632. The van der Waals surface area contributed by atoms with Crippen molar-refractivity contribution in [3.05, 3.63) is 154 Å². The Labute approximate surface area is 329 Å². The maximum Gasteiger partial charge on any atom is 0.338 e. The number of aliphatic hydroxyl groups excluding tert-OH is 1. The Bertz CT molecular complexity index is 1890. The van der Waals surface area contributed by atoms with E-state index in [2.05, 4.69) is 10.0 Å². The minimum absolute atomic E-state index is 0.0160. The predicted molar refractivity (Wildman–Crippen MR) is 202 cm³/mol. The summed E-state index contributed by atoms with van der Waals surface area (Å²) < 4.78 is 54.7. The van der Waals surface area contributed by atoms with Gasteiger partial charge in [0, 0.05) is 12.0 Å². The second-order valence-electron chi connectivity index (χ2n) is 13.3. The Morgan fingerprint density at radius 1 is 0.702 bits per heavy atom. The molecule has 1 N–H and O–H groups in total. The number of carbonyl (C=O) groups is 2. The van der Waals surface area contributed by atoms with Gasteiger partial charge in [0.15, 0.2) is 24.8 Å². The molecule has 2 heterocycles. The van der Waals surface area contributed by atoms with E-state index in [4.69, 9.17) is 42.6 Å². The zero-order valence-corrected chi connectivity index (χ0v) is 31.4. The van der Waals surface area contributed by atoms with Crippen molar-refractivity contribution in [2.75, 3.05) is 20.8 Å². The smallest absolute Gasteiger partial charge is 0.338 e. The van der Waals surface area contributed by atoms with Gasteiger partial charge in [0.2, 0.25) is 0 Å². The summed E-state index contributed by atoms with van der Waals surface area (Å²) in [5.41, 5.74) is 12.5. The number of methoxy groups -OCH3 is 2. The van der Waals surface area contributed by atoms with Gasteiger partial charge in [-0.2, -0.15) is 0 Å². The minimum Gasteiger partial charge on any atom is -0.467 e. The Balaban J connectivity index is 1.36. The molecule has 0 spiro atoms. The summed E-state index contributed by atoms with van der Waals surface area (Å²) >= 11 is 0. The van der Waals surface area contributed by atoms with Crippen molar-refractivity contribution < 1.29 is 57.3 Å². The lowest BCUT2D eigenvalue weighted by Gasteiger charge is -2.48. The largest absolute Gasteiger partial charge is 0.467 e. The van der Waals surface area contributed by atoms with Crippen molar-refractivity contribution in [1.82, 2.24) is 0 Å². The van der Waals surface area contributed by atoms with Crippen LogP contribution in [0.2, 0.25) is 0 Å². The predicted octanol–water partition coefficient (Wildman–Crippen LogP) is 5.29. The van der Waals surface area contributed by atoms with Gasteiger partial charge in [0.25, 0.3) is 0 Å². The van der Waals surface area contributed by atoms with Crippen LogP contribution in [-0.2, 0) is 67.2 Å². The molecule has 300 valence electrons. The van der Waals surface area contributed by atoms with Crippen LogP contribution >= 0.6 is 0 Å². The number of benzene rings is 4. The number of rotatable bonds is 17. The SMILES string of the molecule is COC(=O)[C@@H]1O[C@@H](OC)[C@H](OC(=O)c2ccccc2)[C@@H](OCc2ccccc2)[C@@H]1O[C@H]1O[C@H](COCc2ccccc2)[C@@H](O)[C@H](OCc2ccccc2)[C@H]1N=[N+]=[N-]. The highest BCUT2D eigenvalue weighted by Gasteiger charge is 2.56. The van der Waals surface area contributed by atoms with Crippen molar-refractivity contribution in [1.29, 1.82) is 0 Å². The fourth-order valence-corrected chi connectivity index (χ4v) is 6.62. The molecule has 0 aliphatic carbocycles. The molecule has 15 heteroatoms. The van der Waals surface area contributed by atoms with E-state index in [1.54, 1.807) is 30.3 Å². The molecule has 0 amide bonds. The number of nitrogens with zero attached hydrogens (tertiary/aromatic N) is 3. The molecular weight excluding hydrogens is 738 g/mol. The standard InChI is InChI=1S/C42H45N3O12/c1-49-40(48)37-36(35(53-25-29-19-11-5-12-20-29)38(42(50-2)57-37)55-39(47)30-21-13-6-14-22-30)56-41-32(44-45-43)34(52-24-28-17-9-4-10-18-28)33(46)31(54-41)26-51-23-27-15-7-3-8-16-27/h3-22,31-38,41-42,46H,23-26H2,1-2H3/t31-,32-,33-,34-,35+,36+,37-,38-,41-,42-/m1/s1. The van der Waals surface area contributed by atoms with Crippen LogP contribution in [0.4, 0.5) is 0 Å².